The van der Waals surface area contributed by atoms with Crippen molar-refractivity contribution in [2.45, 2.75) is 39.3 Å². The molecule has 14 nitrogen and oxygen atoms in total. The number of carboxylic acids is 2. The van der Waals surface area contributed by atoms with Crippen LogP contribution in [0.2, 0.25) is 0 Å². The number of imidazole rings is 1. The van der Waals surface area contributed by atoms with Gasteiger partial charge in [0, 0.05) is 19.3 Å². The van der Waals surface area contributed by atoms with E-state index in [0.29, 0.717) is 11.0 Å². The van der Waals surface area contributed by atoms with Gasteiger partial charge in [0.1, 0.15) is 24.2 Å². The third-order valence-electron chi connectivity index (χ3n) is 3.78. The van der Waals surface area contributed by atoms with Gasteiger partial charge in [-0.15, -0.1) is 0 Å². The third-order valence-corrected chi connectivity index (χ3v) is 3.78. The van der Waals surface area contributed by atoms with Crippen molar-refractivity contribution < 1.29 is 34.2 Å². The number of aliphatic hydroxyl groups is 1. The normalized spacial score (nSPS) is 12.6. The van der Waals surface area contributed by atoms with Crippen molar-refractivity contribution in [3.8, 4) is 0 Å². The van der Waals surface area contributed by atoms with Gasteiger partial charge in [-0.2, -0.15) is 0 Å². The van der Waals surface area contributed by atoms with Crippen LogP contribution in [0.15, 0.2) is 15.9 Å². The highest BCUT2D eigenvalue weighted by molar-refractivity contribution is 5.82. The molecule has 33 heavy (non-hydrogen) atoms. The molecule has 2 heterocycles. The van der Waals surface area contributed by atoms with E-state index in [1.807, 2.05) is 21.1 Å². The summed E-state index contributed by atoms with van der Waals surface area (Å²) in [6, 6.07) is -0.771. The second kappa shape index (κ2) is 13.1. The monoisotopic (exact) mass is 472 g/mol. The lowest BCUT2D eigenvalue weighted by molar-refractivity contribution is -0.873. The van der Waals surface area contributed by atoms with Crippen LogP contribution >= 0.6 is 0 Å². The molecule has 1 amide bonds. The topological polar surface area (TPSA) is 221 Å². The fourth-order valence-electron chi connectivity index (χ4n) is 2.49. The first-order valence-electron chi connectivity index (χ1n) is 9.87. The van der Waals surface area contributed by atoms with Crippen molar-refractivity contribution in [3.05, 3.63) is 27.2 Å². The molecule has 0 saturated carbocycles. The molecule has 1 unspecified atom stereocenters. The molecule has 0 aromatic carbocycles. The Morgan fingerprint density at radius 3 is 2.15 bits per heavy atom. The quantitative estimate of drug-likeness (QED) is 0.231. The summed E-state index contributed by atoms with van der Waals surface area (Å²) in [5.74, 6) is -2.59. The van der Waals surface area contributed by atoms with Gasteiger partial charge in [0.25, 0.3) is 5.56 Å². The van der Waals surface area contributed by atoms with Crippen molar-refractivity contribution >= 4 is 29.0 Å². The molecule has 2 aromatic rings. The van der Waals surface area contributed by atoms with E-state index in [1.54, 1.807) is 13.8 Å². The number of hydrogen-bond acceptors (Lipinski definition) is 8. The number of carbonyl (C=O) groups is 3. The summed E-state index contributed by atoms with van der Waals surface area (Å²) in [4.78, 5) is 63.2. The molecule has 2 aromatic heterocycles. The molecular formula is C19H32N6O8. The van der Waals surface area contributed by atoms with Crippen LogP contribution in [0.25, 0.3) is 11.2 Å². The number of nitrogens with zero attached hydrogens (tertiary/aromatic N) is 2. The second-order valence-electron chi connectivity index (χ2n) is 8.50. The number of aromatic amines is 3. The molecule has 2 atom stereocenters. The summed E-state index contributed by atoms with van der Waals surface area (Å²) in [7, 11) is 5.66. The van der Waals surface area contributed by atoms with Gasteiger partial charge in [-0.05, 0) is 5.92 Å². The van der Waals surface area contributed by atoms with Crippen molar-refractivity contribution in [1.82, 2.24) is 25.3 Å². The standard InChI is InChI=1S/C7H15NO3.C7H13NO3.C5H4N4O2/c1-8(2,3)5-6(9)4-7(10)11;1-4(2)6(7(10)11)8-5(3)9;10-4-2-3(7-1-6-2)8-5(11)9-4/h6,9H,4-5H2,1-3H3;4,6H,1-3H3,(H,8,9)(H,10,11);1H,(H3,6,7,8,9,10,11)/t;6-;/m.0./s1. The SMILES string of the molecule is CC(=O)N[C@H](C(=O)O)C(C)C.C[N+](C)(C)CC(O)CC(=O)[O-].O=c1[nH]c(=O)c2[nH]cnc2[nH]1. The number of carbonyl (C=O) groups excluding carboxylic acids is 2. The van der Waals surface area contributed by atoms with Crippen LogP contribution in [0, 0.1) is 5.92 Å². The smallest absolute Gasteiger partial charge is 0.327 e. The van der Waals surface area contributed by atoms with E-state index in [0.717, 1.165) is 0 Å². The average Bonchev–Trinajstić information content (AvgIpc) is 3.06. The molecule has 0 aliphatic carbocycles. The first-order chi connectivity index (χ1) is 15.0. The van der Waals surface area contributed by atoms with Crippen molar-refractivity contribution in [3.63, 3.8) is 0 Å². The Labute approximate surface area is 189 Å². The molecule has 0 spiro atoms. The summed E-state index contributed by atoms with van der Waals surface area (Å²) in [5, 5.41) is 30.1. The molecule has 0 fully saturated rings. The largest absolute Gasteiger partial charge is 0.550 e. The molecule has 6 N–H and O–H groups in total. The predicted molar refractivity (Wildman–Crippen MR) is 116 cm³/mol. The van der Waals surface area contributed by atoms with Gasteiger partial charge < -0.3 is 34.9 Å². The van der Waals surface area contributed by atoms with E-state index in [9.17, 15) is 29.1 Å². The lowest BCUT2D eigenvalue weighted by Gasteiger charge is -2.26. The minimum atomic E-state index is -1.20. The number of amides is 1. The number of aromatic nitrogens is 4. The maximum Gasteiger partial charge on any atom is 0.327 e. The molecule has 0 aliphatic heterocycles. The fraction of sp³-hybridized carbons (Fsp3) is 0.579. The zero-order chi connectivity index (χ0) is 25.9. The lowest BCUT2D eigenvalue weighted by atomic mass is 10.1. The predicted octanol–water partition coefficient (Wildman–Crippen LogP) is -2.64. The van der Waals surface area contributed by atoms with Crippen molar-refractivity contribution in [2.75, 3.05) is 27.7 Å². The molecule has 14 heteroatoms. The second-order valence-corrected chi connectivity index (χ2v) is 8.50. The maximum absolute atomic E-state index is 10.9. The Hall–Kier alpha value is -3.52. The molecule has 186 valence electrons. The maximum atomic E-state index is 10.9. The summed E-state index contributed by atoms with van der Waals surface area (Å²) in [6.07, 6.45) is 0.255. The van der Waals surface area contributed by atoms with Gasteiger partial charge in [0.15, 0.2) is 5.65 Å². The van der Waals surface area contributed by atoms with Crippen LogP contribution in [0.4, 0.5) is 0 Å². The highest BCUT2D eigenvalue weighted by Gasteiger charge is 2.21. The first kappa shape index (κ1) is 29.5. The fourth-order valence-corrected chi connectivity index (χ4v) is 2.49. The minimum absolute atomic E-state index is 0.0867. The van der Waals surface area contributed by atoms with Crippen LogP contribution < -0.4 is 21.7 Å². The Morgan fingerprint density at radius 2 is 1.76 bits per heavy atom. The van der Waals surface area contributed by atoms with Crippen LogP contribution in [0.3, 0.4) is 0 Å². The Morgan fingerprint density at radius 1 is 1.18 bits per heavy atom. The van der Waals surface area contributed by atoms with Gasteiger partial charge in [-0.1, -0.05) is 13.8 Å². The summed E-state index contributed by atoms with van der Waals surface area (Å²) < 4.78 is 0.550. The zero-order valence-electron chi connectivity index (χ0n) is 19.5. The number of aliphatic carboxylic acids is 2. The molecular weight excluding hydrogens is 440 g/mol. The number of likely N-dealkylation sites (N-methyl/N-ethyl adjacent to an activating group) is 1. The summed E-state index contributed by atoms with van der Waals surface area (Å²) in [5.41, 5.74) is -0.445. The van der Waals surface area contributed by atoms with Crippen LogP contribution in [0.1, 0.15) is 27.2 Å². The van der Waals surface area contributed by atoms with Gasteiger partial charge in [-0.3, -0.25) is 19.6 Å². The van der Waals surface area contributed by atoms with Crippen molar-refractivity contribution in [2.24, 2.45) is 5.92 Å². The van der Waals surface area contributed by atoms with Crippen molar-refractivity contribution in [1.29, 1.82) is 0 Å². The van der Waals surface area contributed by atoms with Gasteiger partial charge in [0.05, 0.1) is 27.5 Å². The number of rotatable bonds is 7. The Kier molecular flexibility index (Phi) is 11.7. The average molecular weight is 472 g/mol. The van der Waals surface area contributed by atoms with Gasteiger partial charge in [-0.25, -0.2) is 14.6 Å². The van der Waals surface area contributed by atoms with Crippen LogP contribution in [0.5, 0.6) is 0 Å². The van der Waals surface area contributed by atoms with E-state index < -0.39 is 35.3 Å². The molecule has 0 radical (unpaired) electrons. The summed E-state index contributed by atoms with van der Waals surface area (Å²) >= 11 is 0. The highest BCUT2D eigenvalue weighted by Crippen LogP contribution is 2.01. The first-order valence-corrected chi connectivity index (χ1v) is 9.87. The van der Waals surface area contributed by atoms with Crippen LogP contribution in [-0.2, 0) is 14.4 Å². The van der Waals surface area contributed by atoms with Crippen LogP contribution in [-0.4, -0.2) is 92.3 Å². The van der Waals surface area contributed by atoms with E-state index in [2.05, 4.69) is 25.3 Å². The zero-order valence-corrected chi connectivity index (χ0v) is 19.5. The van der Waals surface area contributed by atoms with Gasteiger partial charge in [0.2, 0.25) is 5.91 Å². The molecule has 0 aliphatic rings. The highest BCUT2D eigenvalue weighted by atomic mass is 16.4. The Bertz CT molecular complexity index is 1030. The number of H-pyrrole nitrogens is 3. The number of quaternary nitrogens is 1. The third kappa shape index (κ3) is 12.8. The number of carboxylic acid groups (broad SMARTS) is 2. The van der Waals surface area contributed by atoms with E-state index in [1.165, 1.54) is 13.3 Å². The van der Waals surface area contributed by atoms with E-state index >= 15 is 0 Å². The minimum Gasteiger partial charge on any atom is -0.550 e. The van der Waals surface area contributed by atoms with E-state index in [-0.39, 0.29) is 29.4 Å². The van der Waals surface area contributed by atoms with Gasteiger partial charge >= 0.3 is 11.7 Å². The Balaban J connectivity index is 0.000000465. The van der Waals surface area contributed by atoms with E-state index in [4.69, 9.17) is 10.2 Å². The molecule has 0 bridgehead atoms. The summed E-state index contributed by atoms with van der Waals surface area (Å²) in [6.45, 7) is 5.22. The number of hydrogen-bond donors (Lipinski definition) is 6. The number of nitrogens with one attached hydrogen (secondary N) is 4. The number of fused-ring (bicyclic) bond motifs is 1. The molecule has 0 saturated heterocycles. The lowest BCUT2D eigenvalue weighted by Crippen LogP contribution is -2.43. The number of aliphatic hydroxyl groups excluding tert-OH is 1. The molecule has 2 rings (SSSR count).